The maximum atomic E-state index is 12.3. The largest absolute Gasteiger partial charge is 0.422 e. The normalized spacial score (nSPS) is 17.2. The van der Waals surface area contributed by atoms with Gasteiger partial charge in [-0.05, 0) is 29.5 Å². The van der Waals surface area contributed by atoms with Crippen LogP contribution >= 0.6 is 0 Å². The van der Waals surface area contributed by atoms with Gasteiger partial charge in [-0.25, -0.2) is 0 Å². The summed E-state index contributed by atoms with van der Waals surface area (Å²) < 4.78 is 10.4. The van der Waals surface area contributed by atoms with Gasteiger partial charge in [-0.1, -0.05) is 54.6 Å². The van der Waals surface area contributed by atoms with Crippen molar-refractivity contribution in [2.24, 2.45) is 5.92 Å². The summed E-state index contributed by atoms with van der Waals surface area (Å²) in [5.41, 5.74) is 3.23. The van der Waals surface area contributed by atoms with Crippen molar-refractivity contribution < 1.29 is 23.9 Å². The SMILES string of the molecule is CC1(C)OC(=O)C(C[C@@H](Cc2ccc(-c3ccccc3)cc2)N[B]C=O)C(=O)O1. The van der Waals surface area contributed by atoms with E-state index in [1.807, 2.05) is 54.6 Å². The average Bonchev–Trinajstić information content (AvgIpc) is 2.69. The average molecular weight is 392 g/mol. The number of hydrogen-bond donors (Lipinski definition) is 1. The van der Waals surface area contributed by atoms with Gasteiger partial charge in [0.15, 0.2) is 5.92 Å². The van der Waals surface area contributed by atoms with Gasteiger partial charge >= 0.3 is 11.9 Å². The minimum absolute atomic E-state index is 0.165. The zero-order valence-electron chi connectivity index (χ0n) is 16.5. The molecule has 6 nitrogen and oxygen atoms in total. The lowest BCUT2D eigenvalue weighted by Crippen LogP contribution is -2.49. The fourth-order valence-electron chi connectivity index (χ4n) is 3.35. The van der Waals surface area contributed by atoms with Crippen molar-refractivity contribution in [3.05, 3.63) is 60.2 Å². The van der Waals surface area contributed by atoms with Crippen LogP contribution in [0.3, 0.4) is 0 Å². The molecule has 1 atom stereocenters. The van der Waals surface area contributed by atoms with E-state index in [0.29, 0.717) is 12.6 Å². The molecule has 3 rings (SSSR count). The molecule has 2 aromatic carbocycles. The topological polar surface area (TPSA) is 81.7 Å². The molecule has 0 aromatic heterocycles. The number of esters is 2. The Balaban J connectivity index is 1.70. The van der Waals surface area contributed by atoms with E-state index in [1.54, 1.807) is 0 Å². The molecule has 149 valence electrons. The van der Waals surface area contributed by atoms with Crippen LogP contribution in [0.5, 0.6) is 0 Å². The molecule has 0 aliphatic carbocycles. The molecule has 0 amide bonds. The Bertz CT molecular complexity index is 847. The summed E-state index contributed by atoms with van der Waals surface area (Å²) in [4.78, 5) is 35.3. The van der Waals surface area contributed by atoms with Crippen LogP contribution in [0.4, 0.5) is 0 Å². The molecule has 1 heterocycles. The molecular weight excluding hydrogens is 369 g/mol. The lowest BCUT2D eigenvalue weighted by Gasteiger charge is -2.34. The third kappa shape index (κ3) is 5.54. The van der Waals surface area contributed by atoms with Gasteiger partial charge in [-0.3, -0.25) is 9.59 Å². The van der Waals surface area contributed by atoms with Crippen LogP contribution in [0.25, 0.3) is 11.1 Å². The van der Waals surface area contributed by atoms with Gasteiger partial charge in [0.05, 0.1) is 6.19 Å². The summed E-state index contributed by atoms with van der Waals surface area (Å²) in [6, 6.07) is 17.8. The number of cyclic esters (lactones) is 2. The van der Waals surface area contributed by atoms with Gasteiger partial charge in [-0.2, -0.15) is 0 Å². The van der Waals surface area contributed by atoms with Crippen molar-refractivity contribution in [2.45, 2.75) is 38.5 Å². The van der Waals surface area contributed by atoms with Crippen molar-refractivity contribution in [2.75, 3.05) is 0 Å². The molecule has 1 aliphatic heterocycles. The number of rotatable bonds is 8. The molecule has 2 aromatic rings. The molecular formula is C22H23BNO5. The van der Waals surface area contributed by atoms with Crippen LogP contribution in [0, 0.1) is 5.92 Å². The molecule has 0 saturated carbocycles. The first kappa shape index (κ1) is 20.8. The predicted octanol–water partition coefficient (Wildman–Crippen LogP) is 2.51. The summed E-state index contributed by atoms with van der Waals surface area (Å²) in [5.74, 6) is -3.49. The van der Waals surface area contributed by atoms with Crippen molar-refractivity contribution in [1.29, 1.82) is 0 Å². The highest BCUT2D eigenvalue weighted by molar-refractivity contribution is 6.64. The maximum absolute atomic E-state index is 12.3. The zero-order valence-corrected chi connectivity index (χ0v) is 16.5. The standard InChI is InChI=1S/C22H23BNO5/c1-22(2)28-20(26)19(21(27)29-22)13-18(24-23-14-25)12-15-8-10-17(11-9-15)16-6-4-3-5-7-16/h3-11,14,18-19,24H,12-13H2,1-2H3/t18-/m1/s1. The molecule has 0 unspecified atom stereocenters. The van der Waals surface area contributed by atoms with Gasteiger partial charge in [0.2, 0.25) is 0 Å². The van der Waals surface area contributed by atoms with Gasteiger partial charge in [0.25, 0.3) is 13.2 Å². The molecule has 0 bridgehead atoms. The quantitative estimate of drug-likeness (QED) is 0.322. The minimum atomic E-state index is -1.25. The summed E-state index contributed by atoms with van der Waals surface area (Å²) in [7, 11) is 1.27. The Morgan fingerprint density at radius 2 is 1.59 bits per heavy atom. The van der Waals surface area contributed by atoms with E-state index in [1.165, 1.54) is 21.3 Å². The second-order valence-corrected chi connectivity index (χ2v) is 7.46. The van der Waals surface area contributed by atoms with E-state index >= 15 is 0 Å². The molecule has 0 spiro atoms. The van der Waals surface area contributed by atoms with Gasteiger partial charge in [-0.15, -0.1) is 0 Å². The summed E-state index contributed by atoms with van der Waals surface area (Å²) in [6.45, 7) is 3.03. The second kappa shape index (κ2) is 9.05. The third-order valence-corrected chi connectivity index (χ3v) is 4.73. The summed E-state index contributed by atoms with van der Waals surface area (Å²) in [5, 5.41) is 2.96. The van der Waals surface area contributed by atoms with Gasteiger partial charge in [0.1, 0.15) is 0 Å². The molecule has 1 radical (unpaired) electrons. The summed E-state index contributed by atoms with van der Waals surface area (Å²) in [6.07, 6.45) is 1.32. The maximum Gasteiger partial charge on any atom is 0.323 e. The second-order valence-electron chi connectivity index (χ2n) is 7.46. The van der Waals surface area contributed by atoms with Gasteiger partial charge in [0, 0.05) is 19.9 Å². The Labute approximate surface area is 170 Å². The highest BCUT2D eigenvalue weighted by atomic mass is 16.7. The predicted molar refractivity (Wildman–Crippen MR) is 109 cm³/mol. The number of hydrogen-bond acceptors (Lipinski definition) is 6. The Hall–Kier alpha value is -2.93. The fraction of sp³-hybridized carbons (Fsp3) is 0.318. The molecule has 29 heavy (non-hydrogen) atoms. The molecule has 1 fully saturated rings. The van der Waals surface area contributed by atoms with E-state index in [2.05, 4.69) is 5.23 Å². The van der Waals surface area contributed by atoms with E-state index in [0.717, 1.165) is 16.7 Å². The molecule has 1 saturated heterocycles. The zero-order chi connectivity index (χ0) is 20.9. The lowest BCUT2D eigenvalue weighted by atomic mass is 9.88. The van der Waals surface area contributed by atoms with E-state index < -0.39 is 23.6 Å². The van der Waals surface area contributed by atoms with Crippen LogP contribution in [-0.4, -0.2) is 37.4 Å². The molecule has 1 N–H and O–H groups in total. The van der Waals surface area contributed by atoms with Crippen molar-refractivity contribution in [3.63, 3.8) is 0 Å². The van der Waals surface area contributed by atoms with E-state index in [9.17, 15) is 14.4 Å². The van der Waals surface area contributed by atoms with E-state index in [-0.39, 0.29) is 12.5 Å². The van der Waals surface area contributed by atoms with Crippen LogP contribution < -0.4 is 5.23 Å². The minimum Gasteiger partial charge on any atom is -0.422 e. The van der Waals surface area contributed by atoms with Crippen LogP contribution in [0.15, 0.2) is 54.6 Å². The Morgan fingerprint density at radius 1 is 1.00 bits per heavy atom. The fourth-order valence-corrected chi connectivity index (χ4v) is 3.35. The smallest absolute Gasteiger partial charge is 0.323 e. The highest BCUT2D eigenvalue weighted by Crippen LogP contribution is 2.27. The van der Waals surface area contributed by atoms with Crippen molar-refractivity contribution in [1.82, 2.24) is 5.23 Å². The number of carbonyl (C=O) groups excluding carboxylic acids is 3. The number of benzene rings is 2. The number of carbonyl (C=O) groups is 3. The van der Waals surface area contributed by atoms with Crippen LogP contribution in [0.1, 0.15) is 25.8 Å². The van der Waals surface area contributed by atoms with E-state index in [4.69, 9.17) is 9.47 Å². The van der Waals surface area contributed by atoms with Crippen LogP contribution in [0.2, 0.25) is 0 Å². The van der Waals surface area contributed by atoms with Crippen molar-refractivity contribution >= 4 is 25.5 Å². The first-order valence-corrected chi connectivity index (χ1v) is 9.51. The summed E-state index contributed by atoms with van der Waals surface area (Å²) >= 11 is 0. The monoisotopic (exact) mass is 392 g/mol. The first-order valence-electron chi connectivity index (χ1n) is 9.51. The lowest BCUT2D eigenvalue weighted by molar-refractivity contribution is -0.240. The molecule has 7 heteroatoms. The number of ether oxygens (including phenoxy) is 2. The molecule has 1 aliphatic rings. The number of nitrogens with one attached hydrogen (secondary N) is 1. The van der Waals surface area contributed by atoms with Crippen molar-refractivity contribution in [3.8, 4) is 11.1 Å². The first-order chi connectivity index (χ1) is 13.9. The Kier molecular flexibility index (Phi) is 6.49. The third-order valence-electron chi connectivity index (χ3n) is 4.73. The highest BCUT2D eigenvalue weighted by Gasteiger charge is 2.43. The Morgan fingerprint density at radius 3 is 2.17 bits per heavy atom. The van der Waals surface area contributed by atoms with Gasteiger partial charge < -0.3 is 19.5 Å². The van der Waals surface area contributed by atoms with Crippen LogP contribution in [-0.2, 0) is 30.3 Å².